The van der Waals surface area contributed by atoms with Crippen LogP contribution in [0.4, 0.5) is 30.6 Å². The number of aryl methyl sites for hydroxylation is 1. The molecule has 0 unspecified atom stereocenters. The van der Waals surface area contributed by atoms with Gasteiger partial charge >= 0.3 is 6.18 Å². The molecule has 0 atom stereocenters. The van der Waals surface area contributed by atoms with E-state index in [1.54, 1.807) is 25.1 Å². The highest BCUT2D eigenvalue weighted by atomic mass is 19.4. The normalized spacial score (nSPS) is 11.3. The lowest BCUT2D eigenvalue weighted by atomic mass is 10.1. The molecule has 0 saturated heterocycles. The van der Waals surface area contributed by atoms with Gasteiger partial charge in [-0.1, -0.05) is 6.07 Å². The van der Waals surface area contributed by atoms with Crippen LogP contribution in [-0.2, 0) is 12.7 Å². The van der Waals surface area contributed by atoms with Gasteiger partial charge in [0, 0.05) is 29.6 Å². The summed E-state index contributed by atoms with van der Waals surface area (Å²) in [6, 6.07) is 6.31. The molecule has 0 fully saturated rings. The number of rotatable bonds is 6. The van der Waals surface area contributed by atoms with Crippen molar-refractivity contribution in [3.63, 3.8) is 0 Å². The highest BCUT2D eigenvalue weighted by Gasteiger charge is 2.35. The van der Waals surface area contributed by atoms with Crippen molar-refractivity contribution < 1.29 is 22.4 Å². The second-order valence-electron chi connectivity index (χ2n) is 5.96. The number of primary amides is 1. The van der Waals surface area contributed by atoms with Crippen molar-refractivity contribution in [3.05, 3.63) is 65.2 Å². The number of amides is 1. The predicted molar refractivity (Wildman–Crippen MR) is 96.0 cm³/mol. The van der Waals surface area contributed by atoms with Crippen LogP contribution in [0.25, 0.3) is 0 Å². The fourth-order valence-corrected chi connectivity index (χ4v) is 2.39. The Kier molecular flexibility index (Phi) is 5.21. The largest absolute Gasteiger partial charge is 0.472 e. The third kappa shape index (κ3) is 4.40. The topological polar surface area (TPSA) is 106 Å². The molecule has 0 spiro atoms. The predicted octanol–water partition coefficient (Wildman–Crippen LogP) is 3.85. The van der Waals surface area contributed by atoms with Crippen molar-refractivity contribution in [1.29, 1.82) is 0 Å². The van der Waals surface area contributed by atoms with E-state index in [0.717, 1.165) is 5.56 Å². The minimum atomic E-state index is -4.63. The smallest absolute Gasteiger partial charge is 0.421 e. The maximum atomic E-state index is 13.3. The minimum absolute atomic E-state index is 0.0626. The second-order valence-corrected chi connectivity index (χ2v) is 5.96. The zero-order valence-electron chi connectivity index (χ0n) is 14.7. The first-order chi connectivity index (χ1) is 13.2. The summed E-state index contributed by atoms with van der Waals surface area (Å²) in [5.74, 6) is -1.07. The monoisotopic (exact) mass is 391 g/mol. The van der Waals surface area contributed by atoms with Crippen LogP contribution in [0.3, 0.4) is 0 Å². The Hall–Kier alpha value is -3.56. The van der Waals surface area contributed by atoms with Gasteiger partial charge in [-0.05, 0) is 30.7 Å². The molecule has 1 aromatic carbocycles. The number of carbonyl (C=O) groups excluding carboxylic acids is 1. The van der Waals surface area contributed by atoms with E-state index in [2.05, 4.69) is 20.6 Å². The molecule has 3 aromatic rings. The van der Waals surface area contributed by atoms with E-state index in [4.69, 9.17) is 10.2 Å². The number of anilines is 3. The van der Waals surface area contributed by atoms with Crippen molar-refractivity contribution in [2.75, 3.05) is 10.6 Å². The number of halogens is 3. The molecule has 0 saturated carbocycles. The lowest BCUT2D eigenvalue weighted by Gasteiger charge is -2.15. The zero-order chi connectivity index (χ0) is 20.3. The van der Waals surface area contributed by atoms with Gasteiger partial charge in [0.1, 0.15) is 11.4 Å². The fraction of sp³-hybridized carbons (Fsp3) is 0.167. The van der Waals surface area contributed by atoms with Crippen molar-refractivity contribution in [2.24, 2.45) is 5.73 Å². The van der Waals surface area contributed by atoms with E-state index in [9.17, 15) is 18.0 Å². The lowest BCUT2D eigenvalue weighted by molar-refractivity contribution is -0.137. The molecular formula is C18H16F3N5O2. The number of benzene rings is 1. The third-order valence-corrected chi connectivity index (χ3v) is 3.90. The molecular weight excluding hydrogens is 375 g/mol. The van der Waals surface area contributed by atoms with Crippen LogP contribution in [0, 0.1) is 6.92 Å². The van der Waals surface area contributed by atoms with Crippen LogP contribution < -0.4 is 16.4 Å². The molecule has 3 rings (SSSR count). The number of hydrogen-bond donors (Lipinski definition) is 3. The Balaban J connectivity index is 1.91. The fourth-order valence-electron chi connectivity index (χ4n) is 2.39. The van der Waals surface area contributed by atoms with Crippen molar-refractivity contribution in [1.82, 2.24) is 9.97 Å². The molecule has 1 amide bonds. The van der Waals surface area contributed by atoms with Crippen molar-refractivity contribution >= 4 is 23.4 Å². The first kappa shape index (κ1) is 19.2. The molecule has 10 heteroatoms. The van der Waals surface area contributed by atoms with E-state index < -0.39 is 17.6 Å². The number of carbonyl (C=O) groups is 1. The van der Waals surface area contributed by atoms with Crippen molar-refractivity contribution in [3.8, 4) is 0 Å². The van der Waals surface area contributed by atoms with Crippen LogP contribution in [-0.4, -0.2) is 15.9 Å². The highest BCUT2D eigenvalue weighted by molar-refractivity contribution is 5.94. The first-order valence-electron chi connectivity index (χ1n) is 8.10. The maximum Gasteiger partial charge on any atom is 0.421 e. The highest BCUT2D eigenvalue weighted by Crippen LogP contribution is 2.34. The second kappa shape index (κ2) is 7.59. The molecule has 0 radical (unpaired) electrons. The number of nitrogens with two attached hydrogens (primary N) is 1. The average molecular weight is 391 g/mol. The van der Waals surface area contributed by atoms with Crippen LogP contribution in [0.15, 0.2) is 47.4 Å². The van der Waals surface area contributed by atoms with Gasteiger partial charge in [0.2, 0.25) is 11.9 Å². The van der Waals surface area contributed by atoms with Crippen molar-refractivity contribution in [2.45, 2.75) is 19.6 Å². The van der Waals surface area contributed by atoms with E-state index in [1.807, 2.05) is 0 Å². The summed E-state index contributed by atoms with van der Waals surface area (Å²) in [4.78, 5) is 19.0. The molecule has 146 valence electrons. The molecule has 2 aromatic heterocycles. The average Bonchev–Trinajstić information content (AvgIpc) is 3.14. The van der Waals surface area contributed by atoms with Gasteiger partial charge in [-0.25, -0.2) is 4.98 Å². The van der Waals surface area contributed by atoms with Crippen LogP contribution in [0.5, 0.6) is 0 Å². The standard InChI is InChI=1S/C18H16F3N5O2/c1-10-2-3-12(15(22)27)6-14(10)25-17-24-8-13(18(19,20)21)16(26-17)23-7-11-4-5-28-9-11/h2-6,8-9H,7H2,1H3,(H2,22,27)(H2,23,24,25,26). The first-order valence-corrected chi connectivity index (χ1v) is 8.10. The van der Waals surface area contributed by atoms with Gasteiger partial charge in [-0.3, -0.25) is 4.79 Å². The molecule has 7 nitrogen and oxygen atoms in total. The number of furan rings is 1. The zero-order valence-corrected chi connectivity index (χ0v) is 14.7. The summed E-state index contributed by atoms with van der Waals surface area (Å²) in [5, 5.41) is 5.47. The van der Waals surface area contributed by atoms with Gasteiger partial charge in [-0.2, -0.15) is 18.2 Å². The number of hydrogen-bond acceptors (Lipinski definition) is 6. The maximum absolute atomic E-state index is 13.3. The van der Waals surface area contributed by atoms with E-state index >= 15 is 0 Å². The number of aromatic nitrogens is 2. The summed E-state index contributed by atoms with van der Waals surface area (Å²) in [7, 11) is 0. The quantitative estimate of drug-likeness (QED) is 0.589. The molecule has 0 aliphatic rings. The SMILES string of the molecule is Cc1ccc(C(N)=O)cc1Nc1ncc(C(F)(F)F)c(NCc2ccoc2)n1. The van der Waals surface area contributed by atoms with Crippen LogP contribution >= 0.6 is 0 Å². The lowest BCUT2D eigenvalue weighted by Crippen LogP contribution is -2.15. The number of nitrogens with zero attached hydrogens (tertiary/aromatic N) is 2. The summed E-state index contributed by atoms with van der Waals surface area (Å²) in [6.45, 7) is 1.85. The van der Waals surface area contributed by atoms with Crippen LogP contribution in [0.1, 0.15) is 27.0 Å². The van der Waals surface area contributed by atoms with Gasteiger partial charge in [-0.15, -0.1) is 0 Å². The number of alkyl halides is 3. The molecule has 28 heavy (non-hydrogen) atoms. The Morgan fingerprint density at radius 1 is 1.29 bits per heavy atom. The summed E-state index contributed by atoms with van der Waals surface area (Å²) in [6.07, 6.45) is -1.10. The summed E-state index contributed by atoms with van der Waals surface area (Å²) < 4.78 is 44.7. The Morgan fingerprint density at radius 3 is 2.71 bits per heavy atom. The molecule has 0 aliphatic carbocycles. The molecule has 0 bridgehead atoms. The minimum Gasteiger partial charge on any atom is -0.472 e. The van der Waals surface area contributed by atoms with Gasteiger partial charge in [0.15, 0.2) is 0 Å². The van der Waals surface area contributed by atoms with Crippen LogP contribution in [0.2, 0.25) is 0 Å². The third-order valence-electron chi connectivity index (χ3n) is 3.90. The van der Waals surface area contributed by atoms with Gasteiger partial charge < -0.3 is 20.8 Å². The Bertz CT molecular complexity index is 987. The Morgan fingerprint density at radius 2 is 2.07 bits per heavy atom. The molecule has 0 aliphatic heterocycles. The molecule has 2 heterocycles. The van der Waals surface area contributed by atoms with E-state index in [1.165, 1.54) is 18.6 Å². The van der Waals surface area contributed by atoms with E-state index in [0.29, 0.717) is 17.4 Å². The summed E-state index contributed by atoms with van der Waals surface area (Å²) in [5.41, 5.74) is 6.37. The summed E-state index contributed by atoms with van der Waals surface area (Å²) >= 11 is 0. The van der Waals surface area contributed by atoms with Gasteiger partial charge in [0.25, 0.3) is 0 Å². The van der Waals surface area contributed by atoms with E-state index in [-0.39, 0.29) is 23.9 Å². The number of nitrogens with one attached hydrogen (secondary N) is 2. The Labute approximate surface area is 157 Å². The van der Waals surface area contributed by atoms with Gasteiger partial charge in [0.05, 0.1) is 12.5 Å². The molecule has 4 N–H and O–H groups in total.